The first-order valence-electron chi connectivity index (χ1n) is 17.0. The van der Waals surface area contributed by atoms with Crippen LogP contribution in [-0.2, 0) is 12.8 Å². The van der Waals surface area contributed by atoms with Gasteiger partial charge in [-0.1, -0.05) is 76.2 Å². The first-order chi connectivity index (χ1) is 23.9. The highest BCUT2D eigenvalue weighted by molar-refractivity contribution is 6.11. The molecule has 0 N–H and O–H groups in total. The summed E-state index contributed by atoms with van der Waals surface area (Å²) in [6, 6.07) is 37.6. The van der Waals surface area contributed by atoms with Crippen molar-refractivity contribution in [3.05, 3.63) is 132 Å². The van der Waals surface area contributed by atoms with Gasteiger partial charge in [-0.15, -0.1) is 0 Å². The molecule has 4 aromatic carbocycles. The lowest BCUT2D eigenvalue weighted by atomic mass is 10.1. The van der Waals surface area contributed by atoms with Gasteiger partial charge in [0.05, 0.1) is 27.6 Å². The molecular weight excluding hydrogens is 603 g/mol. The number of pyridine rings is 2. The maximum atomic E-state index is 10.3. The zero-order chi connectivity index (χ0) is 33.6. The van der Waals surface area contributed by atoms with Crippen LogP contribution in [0.3, 0.4) is 0 Å². The van der Waals surface area contributed by atoms with E-state index in [2.05, 4.69) is 116 Å². The Morgan fingerprint density at radius 2 is 1.12 bits per heavy atom. The SMILES string of the molecule is CC(C)Cc1ccc(-n2c3ccccc3c3ccc(Oc4cc5c(cc4C#N)c4ccccc4n5-c4ccc(CC(C)C)cn4)cc32)nc1. The minimum atomic E-state index is 0.471. The van der Waals surface area contributed by atoms with E-state index in [1.54, 1.807) is 0 Å². The van der Waals surface area contributed by atoms with Gasteiger partial charge in [-0.05, 0) is 78.3 Å². The molecule has 0 unspecified atom stereocenters. The van der Waals surface area contributed by atoms with Crippen molar-refractivity contribution < 1.29 is 4.74 Å². The molecule has 4 aromatic heterocycles. The fourth-order valence-electron chi connectivity index (χ4n) is 7.08. The van der Waals surface area contributed by atoms with Gasteiger partial charge in [0.25, 0.3) is 0 Å². The average Bonchev–Trinajstić information content (AvgIpc) is 3.60. The molecule has 0 bridgehead atoms. The quantitative estimate of drug-likeness (QED) is 0.166. The van der Waals surface area contributed by atoms with Gasteiger partial charge < -0.3 is 4.74 Å². The summed E-state index contributed by atoms with van der Waals surface area (Å²) in [6.07, 6.45) is 5.92. The average molecular weight is 640 g/mol. The van der Waals surface area contributed by atoms with Gasteiger partial charge in [0.1, 0.15) is 29.2 Å². The van der Waals surface area contributed by atoms with Crippen LogP contribution in [0.4, 0.5) is 0 Å². The summed E-state index contributed by atoms with van der Waals surface area (Å²) in [6.45, 7) is 8.88. The molecule has 0 atom stereocenters. The van der Waals surface area contributed by atoms with E-state index in [4.69, 9.17) is 14.7 Å². The third-order valence-corrected chi connectivity index (χ3v) is 9.13. The van der Waals surface area contributed by atoms with Crippen LogP contribution in [0.15, 0.2) is 116 Å². The number of nitriles is 1. The first-order valence-corrected chi connectivity index (χ1v) is 17.0. The summed E-state index contributed by atoms with van der Waals surface area (Å²) in [5.74, 6) is 3.93. The van der Waals surface area contributed by atoms with E-state index in [1.165, 1.54) is 11.1 Å². The summed E-state index contributed by atoms with van der Waals surface area (Å²) in [5.41, 5.74) is 6.93. The molecule has 0 fully saturated rings. The van der Waals surface area contributed by atoms with E-state index < -0.39 is 0 Å². The maximum Gasteiger partial charge on any atom is 0.147 e. The molecule has 6 heteroatoms. The lowest BCUT2D eigenvalue weighted by Gasteiger charge is -2.12. The zero-order valence-corrected chi connectivity index (χ0v) is 28.2. The second-order valence-corrected chi connectivity index (χ2v) is 13.7. The normalized spacial score (nSPS) is 11.8. The van der Waals surface area contributed by atoms with E-state index in [1.807, 2.05) is 42.7 Å². The number of ether oxygens (including phenoxy) is 1. The highest BCUT2D eigenvalue weighted by atomic mass is 16.5. The monoisotopic (exact) mass is 639 g/mol. The van der Waals surface area contributed by atoms with E-state index in [0.29, 0.717) is 28.9 Å². The third kappa shape index (κ3) is 5.48. The van der Waals surface area contributed by atoms with Crippen molar-refractivity contribution in [3.63, 3.8) is 0 Å². The standard InChI is InChI=1S/C43H37N5O/c1-27(2)19-29-13-17-42(45-25-29)47-37-11-7-5-9-33(37)35-16-15-32(22-39(35)47)49-41-23-40-36(21-31(41)24-44)34-10-6-8-12-38(34)48(40)43-18-14-30(26-46-43)20-28(3)4/h5-18,21-23,25-28H,19-20H2,1-4H3. The van der Waals surface area contributed by atoms with Gasteiger partial charge in [-0.2, -0.15) is 5.26 Å². The van der Waals surface area contributed by atoms with E-state index >= 15 is 0 Å². The predicted molar refractivity (Wildman–Crippen MR) is 199 cm³/mol. The number of hydrogen-bond donors (Lipinski definition) is 0. The van der Waals surface area contributed by atoms with Crippen LogP contribution < -0.4 is 4.74 Å². The number of para-hydroxylation sites is 2. The Morgan fingerprint density at radius 3 is 1.65 bits per heavy atom. The maximum absolute atomic E-state index is 10.3. The minimum absolute atomic E-state index is 0.471. The van der Waals surface area contributed by atoms with Crippen molar-refractivity contribution in [2.45, 2.75) is 40.5 Å². The molecule has 4 heterocycles. The number of nitrogens with zero attached hydrogens (tertiary/aromatic N) is 5. The summed E-state index contributed by atoms with van der Waals surface area (Å²) in [7, 11) is 0. The van der Waals surface area contributed by atoms with Crippen LogP contribution >= 0.6 is 0 Å². The fraction of sp³-hybridized carbons (Fsp3) is 0.186. The van der Waals surface area contributed by atoms with Crippen molar-refractivity contribution >= 4 is 43.6 Å². The Morgan fingerprint density at radius 1 is 0.592 bits per heavy atom. The Bertz CT molecular complexity index is 2530. The van der Waals surface area contributed by atoms with Gasteiger partial charge >= 0.3 is 0 Å². The topological polar surface area (TPSA) is 68.7 Å². The minimum Gasteiger partial charge on any atom is -0.456 e. The molecule has 49 heavy (non-hydrogen) atoms. The smallest absolute Gasteiger partial charge is 0.147 e. The van der Waals surface area contributed by atoms with Gasteiger partial charge in [-0.25, -0.2) is 9.97 Å². The summed E-state index contributed by atoms with van der Waals surface area (Å²) in [5, 5.41) is 14.6. The van der Waals surface area contributed by atoms with Crippen molar-refractivity contribution in [1.29, 1.82) is 5.26 Å². The number of hydrogen-bond acceptors (Lipinski definition) is 4. The second kappa shape index (κ2) is 12.3. The van der Waals surface area contributed by atoms with Crippen molar-refractivity contribution in [2.24, 2.45) is 11.8 Å². The van der Waals surface area contributed by atoms with Crippen LogP contribution in [0.25, 0.3) is 55.2 Å². The van der Waals surface area contributed by atoms with Crippen molar-refractivity contribution in [1.82, 2.24) is 19.1 Å². The first kappa shape index (κ1) is 30.4. The molecule has 8 rings (SSSR count). The molecule has 0 saturated carbocycles. The second-order valence-electron chi connectivity index (χ2n) is 13.7. The lowest BCUT2D eigenvalue weighted by Crippen LogP contribution is -2.00. The van der Waals surface area contributed by atoms with Gasteiger partial charge in [0.2, 0.25) is 0 Å². The summed E-state index contributed by atoms with van der Waals surface area (Å²) < 4.78 is 11.0. The summed E-state index contributed by atoms with van der Waals surface area (Å²) >= 11 is 0. The van der Waals surface area contributed by atoms with Crippen LogP contribution in [0.1, 0.15) is 44.4 Å². The van der Waals surface area contributed by atoms with Crippen LogP contribution in [0.2, 0.25) is 0 Å². The number of aromatic nitrogens is 4. The molecule has 0 aliphatic rings. The molecule has 0 aliphatic heterocycles. The molecule has 8 aromatic rings. The van der Waals surface area contributed by atoms with Crippen LogP contribution in [0, 0.1) is 23.2 Å². The highest BCUT2D eigenvalue weighted by Crippen LogP contribution is 2.39. The number of fused-ring (bicyclic) bond motifs is 6. The molecule has 0 aliphatic carbocycles. The Hall–Kier alpha value is -5.93. The van der Waals surface area contributed by atoms with E-state index in [0.717, 1.165) is 68.1 Å². The number of rotatable bonds is 8. The fourth-order valence-corrected chi connectivity index (χ4v) is 7.08. The highest BCUT2D eigenvalue weighted by Gasteiger charge is 2.19. The molecule has 0 spiro atoms. The van der Waals surface area contributed by atoms with Gasteiger partial charge in [-0.3, -0.25) is 9.13 Å². The molecule has 0 radical (unpaired) electrons. The van der Waals surface area contributed by atoms with E-state index in [9.17, 15) is 5.26 Å². The molecule has 6 nitrogen and oxygen atoms in total. The Kier molecular flexibility index (Phi) is 7.61. The van der Waals surface area contributed by atoms with Crippen molar-refractivity contribution in [3.8, 4) is 29.2 Å². The van der Waals surface area contributed by atoms with Gasteiger partial charge in [0.15, 0.2) is 0 Å². The molecule has 240 valence electrons. The van der Waals surface area contributed by atoms with Crippen LogP contribution in [-0.4, -0.2) is 19.1 Å². The Labute approximate surface area is 285 Å². The van der Waals surface area contributed by atoms with E-state index in [-0.39, 0.29) is 0 Å². The molecular formula is C43H37N5O. The largest absolute Gasteiger partial charge is 0.456 e. The zero-order valence-electron chi connectivity index (χ0n) is 28.2. The van der Waals surface area contributed by atoms with Gasteiger partial charge in [0, 0.05) is 46.1 Å². The van der Waals surface area contributed by atoms with Crippen molar-refractivity contribution in [2.75, 3.05) is 0 Å². The predicted octanol–water partition coefficient (Wildman–Crippen LogP) is 10.7. The number of benzene rings is 4. The molecule has 0 amide bonds. The lowest BCUT2D eigenvalue weighted by molar-refractivity contribution is 0.482. The molecule has 0 saturated heterocycles. The summed E-state index contributed by atoms with van der Waals surface area (Å²) in [4.78, 5) is 9.79. The van der Waals surface area contributed by atoms with Crippen LogP contribution in [0.5, 0.6) is 11.5 Å². The Balaban J connectivity index is 1.26. The third-order valence-electron chi connectivity index (χ3n) is 9.13.